The molecule has 0 aliphatic heterocycles. The third-order valence-corrected chi connectivity index (χ3v) is 3.88. The first-order chi connectivity index (χ1) is 12.0. The van der Waals surface area contributed by atoms with E-state index in [1.54, 1.807) is 23.1 Å². The van der Waals surface area contributed by atoms with Gasteiger partial charge in [0.25, 0.3) is 5.56 Å². The number of fused-ring (bicyclic) bond motifs is 1. The van der Waals surface area contributed by atoms with E-state index in [0.29, 0.717) is 35.7 Å². The fourth-order valence-electron chi connectivity index (χ4n) is 2.62. The molecule has 25 heavy (non-hydrogen) atoms. The standard InChI is InChI=1S/C17H17ClFN5O/c1-12(18)9-24-16-7-15(19)3-2-13(16)6-14(17(24)25)8-20-4-5-23-11-21-10-22-23/h2-3,6-7,10-11,20H,1,4-5,8-9H2. The van der Waals surface area contributed by atoms with Crippen molar-refractivity contribution in [3.63, 3.8) is 0 Å². The second-order valence-corrected chi connectivity index (χ2v) is 6.15. The predicted molar refractivity (Wildman–Crippen MR) is 94.9 cm³/mol. The normalized spacial score (nSPS) is 11.1. The van der Waals surface area contributed by atoms with Crippen LogP contribution in [0.1, 0.15) is 5.56 Å². The molecule has 8 heteroatoms. The number of aromatic nitrogens is 4. The maximum Gasteiger partial charge on any atom is 0.255 e. The first-order valence-corrected chi connectivity index (χ1v) is 8.11. The molecule has 2 aromatic heterocycles. The van der Waals surface area contributed by atoms with Crippen molar-refractivity contribution in [2.75, 3.05) is 6.54 Å². The van der Waals surface area contributed by atoms with Crippen molar-refractivity contribution in [1.29, 1.82) is 0 Å². The van der Waals surface area contributed by atoms with Crippen LogP contribution in [0.2, 0.25) is 0 Å². The van der Waals surface area contributed by atoms with Crippen molar-refractivity contribution < 1.29 is 4.39 Å². The first-order valence-electron chi connectivity index (χ1n) is 7.73. The number of hydrogen-bond acceptors (Lipinski definition) is 4. The van der Waals surface area contributed by atoms with Gasteiger partial charge in [-0.2, -0.15) is 5.10 Å². The maximum absolute atomic E-state index is 13.6. The zero-order valence-electron chi connectivity index (χ0n) is 13.5. The van der Waals surface area contributed by atoms with Crippen LogP contribution in [0.3, 0.4) is 0 Å². The van der Waals surface area contributed by atoms with Crippen LogP contribution < -0.4 is 10.9 Å². The molecule has 0 amide bonds. The summed E-state index contributed by atoms with van der Waals surface area (Å²) < 4.78 is 16.7. The number of pyridine rings is 1. The van der Waals surface area contributed by atoms with Gasteiger partial charge in [0.15, 0.2) is 0 Å². The molecule has 3 aromatic rings. The van der Waals surface area contributed by atoms with E-state index in [0.717, 1.165) is 5.39 Å². The van der Waals surface area contributed by atoms with Crippen molar-refractivity contribution in [2.45, 2.75) is 19.6 Å². The van der Waals surface area contributed by atoms with Crippen molar-refractivity contribution >= 4 is 22.5 Å². The number of allylic oxidation sites excluding steroid dienone is 1. The summed E-state index contributed by atoms with van der Waals surface area (Å²) in [5, 5.41) is 8.30. The summed E-state index contributed by atoms with van der Waals surface area (Å²) in [6, 6.07) is 6.12. The van der Waals surface area contributed by atoms with Crippen molar-refractivity contribution in [2.24, 2.45) is 0 Å². The molecule has 0 fully saturated rings. The molecule has 130 valence electrons. The zero-order chi connectivity index (χ0) is 17.8. The Labute approximate surface area is 148 Å². The molecule has 1 N–H and O–H groups in total. The zero-order valence-corrected chi connectivity index (χ0v) is 14.2. The van der Waals surface area contributed by atoms with Crippen LogP contribution in [-0.2, 0) is 19.6 Å². The Balaban J connectivity index is 1.84. The number of hydrogen-bond donors (Lipinski definition) is 1. The second-order valence-electron chi connectivity index (χ2n) is 5.62. The van der Waals surface area contributed by atoms with Gasteiger partial charge in [0, 0.05) is 23.7 Å². The van der Waals surface area contributed by atoms with Gasteiger partial charge in [0.2, 0.25) is 0 Å². The number of benzene rings is 1. The Morgan fingerprint density at radius 1 is 1.36 bits per heavy atom. The summed E-state index contributed by atoms with van der Waals surface area (Å²) in [5.41, 5.74) is 0.863. The van der Waals surface area contributed by atoms with Gasteiger partial charge in [-0.05, 0) is 29.7 Å². The van der Waals surface area contributed by atoms with Gasteiger partial charge >= 0.3 is 0 Å². The number of halogens is 2. The van der Waals surface area contributed by atoms with Crippen LogP contribution in [0.15, 0.2) is 53.3 Å². The summed E-state index contributed by atoms with van der Waals surface area (Å²) in [6.45, 7) is 5.43. The van der Waals surface area contributed by atoms with Crippen molar-refractivity contribution in [3.05, 3.63) is 70.3 Å². The van der Waals surface area contributed by atoms with Crippen LogP contribution in [-0.4, -0.2) is 25.9 Å². The Bertz CT molecular complexity index is 952. The molecule has 0 aliphatic rings. The highest BCUT2D eigenvalue weighted by Crippen LogP contribution is 2.17. The number of rotatable bonds is 7. The lowest BCUT2D eigenvalue weighted by Gasteiger charge is -2.13. The molecular weight excluding hydrogens is 345 g/mol. The molecule has 3 rings (SSSR count). The lowest BCUT2D eigenvalue weighted by molar-refractivity contribution is 0.551. The summed E-state index contributed by atoms with van der Waals surface area (Å²) >= 11 is 5.88. The fourth-order valence-corrected chi connectivity index (χ4v) is 2.74. The SMILES string of the molecule is C=C(Cl)Cn1c(=O)c(CNCCn2cncn2)cc2ccc(F)cc21. The van der Waals surface area contributed by atoms with Crippen LogP contribution in [0.5, 0.6) is 0 Å². The predicted octanol–water partition coefficient (Wildman–Crippen LogP) is 2.27. The van der Waals surface area contributed by atoms with E-state index in [1.165, 1.54) is 23.0 Å². The van der Waals surface area contributed by atoms with E-state index >= 15 is 0 Å². The largest absolute Gasteiger partial charge is 0.311 e. The smallest absolute Gasteiger partial charge is 0.255 e. The molecule has 6 nitrogen and oxygen atoms in total. The lowest BCUT2D eigenvalue weighted by atomic mass is 10.1. The minimum atomic E-state index is -0.403. The lowest BCUT2D eigenvalue weighted by Crippen LogP contribution is -2.29. The molecule has 0 atom stereocenters. The van der Waals surface area contributed by atoms with E-state index in [2.05, 4.69) is 22.0 Å². The molecule has 2 heterocycles. The average molecular weight is 362 g/mol. The highest BCUT2D eigenvalue weighted by molar-refractivity contribution is 6.29. The van der Waals surface area contributed by atoms with Crippen LogP contribution in [0.4, 0.5) is 4.39 Å². The highest BCUT2D eigenvalue weighted by atomic mass is 35.5. The van der Waals surface area contributed by atoms with Crippen molar-refractivity contribution in [1.82, 2.24) is 24.6 Å². The number of nitrogens with one attached hydrogen (secondary N) is 1. The molecule has 0 saturated heterocycles. The molecule has 0 radical (unpaired) electrons. The molecule has 0 spiro atoms. The topological polar surface area (TPSA) is 64.7 Å². The van der Waals surface area contributed by atoms with Crippen LogP contribution >= 0.6 is 11.6 Å². The first kappa shape index (κ1) is 17.3. The Hall–Kier alpha value is -2.51. The van der Waals surface area contributed by atoms with Gasteiger partial charge in [-0.1, -0.05) is 18.2 Å². The van der Waals surface area contributed by atoms with Gasteiger partial charge in [-0.3, -0.25) is 9.48 Å². The highest BCUT2D eigenvalue weighted by Gasteiger charge is 2.10. The minimum Gasteiger partial charge on any atom is -0.311 e. The van der Waals surface area contributed by atoms with E-state index in [1.807, 2.05) is 0 Å². The van der Waals surface area contributed by atoms with Gasteiger partial charge in [-0.25, -0.2) is 9.37 Å². The Kier molecular flexibility index (Phi) is 5.25. The second kappa shape index (κ2) is 7.58. The molecule has 0 unspecified atom stereocenters. The molecule has 0 saturated carbocycles. The monoisotopic (exact) mass is 361 g/mol. The quantitative estimate of drug-likeness (QED) is 0.656. The van der Waals surface area contributed by atoms with Crippen LogP contribution in [0, 0.1) is 5.82 Å². The molecule has 0 aliphatic carbocycles. The molecule has 0 bridgehead atoms. The number of nitrogens with zero attached hydrogens (tertiary/aromatic N) is 4. The van der Waals surface area contributed by atoms with Gasteiger partial charge in [-0.15, -0.1) is 0 Å². The van der Waals surface area contributed by atoms with E-state index < -0.39 is 5.82 Å². The van der Waals surface area contributed by atoms with E-state index in [-0.39, 0.29) is 12.1 Å². The summed E-state index contributed by atoms with van der Waals surface area (Å²) in [6.07, 6.45) is 3.10. The van der Waals surface area contributed by atoms with Crippen molar-refractivity contribution in [3.8, 4) is 0 Å². The fraction of sp³-hybridized carbons (Fsp3) is 0.235. The molecular formula is C17H17ClFN5O. The van der Waals surface area contributed by atoms with Crippen LogP contribution in [0.25, 0.3) is 10.9 Å². The van der Waals surface area contributed by atoms with Gasteiger partial charge < -0.3 is 9.88 Å². The van der Waals surface area contributed by atoms with Gasteiger partial charge in [0.05, 0.1) is 18.6 Å². The third-order valence-electron chi connectivity index (χ3n) is 3.76. The van der Waals surface area contributed by atoms with E-state index in [4.69, 9.17) is 11.6 Å². The van der Waals surface area contributed by atoms with Gasteiger partial charge in [0.1, 0.15) is 18.5 Å². The third kappa shape index (κ3) is 4.12. The Morgan fingerprint density at radius 2 is 2.20 bits per heavy atom. The summed E-state index contributed by atoms with van der Waals surface area (Å²) in [5.74, 6) is -0.403. The average Bonchev–Trinajstić information content (AvgIpc) is 3.08. The van der Waals surface area contributed by atoms with E-state index in [9.17, 15) is 9.18 Å². The summed E-state index contributed by atoms with van der Waals surface area (Å²) in [4.78, 5) is 16.6. The minimum absolute atomic E-state index is 0.132. The Morgan fingerprint density at radius 3 is 2.92 bits per heavy atom. The maximum atomic E-state index is 13.6. The summed E-state index contributed by atoms with van der Waals surface area (Å²) in [7, 11) is 0. The molecule has 1 aromatic carbocycles.